The summed E-state index contributed by atoms with van der Waals surface area (Å²) in [5.74, 6) is 0.254. The largest absolute Gasteiger partial charge is 0.383 e. The van der Waals surface area contributed by atoms with E-state index >= 15 is 0 Å². The molecule has 1 aromatic heterocycles. The van der Waals surface area contributed by atoms with Gasteiger partial charge in [0.15, 0.2) is 0 Å². The first-order chi connectivity index (χ1) is 5.74. The van der Waals surface area contributed by atoms with Gasteiger partial charge in [-0.15, -0.1) is 0 Å². The number of hydrogen-bond donors (Lipinski definition) is 2. The molecule has 5 heteroatoms. The molecule has 0 saturated carbocycles. The molecule has 0 fully saturated rings. The maximum atomic E-state index is 11.1. The highest BCUT2D eigenvalue weighted by Crippen LogP contribution is 1.90. The Kier molecular flexibility index (Phi) is 2.82. The van der Waals surface area contributed by atoms with Crippen LogP contribution in [0.1, 0.15) is 6.42 Å². The van der Waals surface area contributed by atoms with Crippen LogP contribution < -0.4 is 17.2 Å². The van der Waals surface area contributed by atoms with Crippen molar-refractivity contribution in [3.05, 3.63) is 22.7 Å². The normalized spacial score (nSPS) is 10.1. The van der Waals surface area contributed by atoms with Gasteiger partial charge in [-0.25, -0.2) is 4.79 Å². The second kappa shape index (κ2) is 3.87. The van der Waals surface area contributed by atoms with Gasteiger partial charge >= 0.3 is 5.69 Å². The first-order valence-corrected chi connectivity index (χ1v) is 3.77. The molecular weight excluding hydrogens is 156 g/mol. The van der Waals surface area contributed by atoms with Gasteiger partial charge < -0.3 is 11.5 Å². The van der Waals surface area contributed by atoms with E-state index in [2.05, 4.69) is 4.98 Å². The Morgan fingerprint density at radius 1 is 1.58 bits per heavy atom. The maximum absolute atomic E-state index is 11.1. The van der Waals surface area contributed by atoms with Crippen LogP contribution in [0.25, 0.3) is 0 Å². The molecule has 0 aliphatic carbocycles. The molecule has 0 unspecified atom stereocenters. The predicted molar refractivity (Wildman–Crippen MR) is 46.6 cm³/mol. The Bertz CT molecular complexity index is 307. The molecule has 0 aliphatic rings. The minimum Gasteiger partial charge on any atom is -0.383 e. The number of nitrogen functional groups attached to an aromatic ring is 1. The Morgan fingerprint density at radius 2 is 2.33 bits per heavy atom. The highest BCUT2D eigenvalue weighted by atomic mass is 16.1. The fourth-order valence-corrected chi connectivity index (χ4v) is 0.874. The summed E-state index contributed by atoms with van der Waals surface area (Å²) >= 11 is 0. The van der Waals surface area contributed by atoms with Gasteiger partial charge in [0.25, 0.3) is 0 Å². The number of anilines is 1. The lowest BCUT2D eigenvalue weighted by molar-refractivity contribution is 0.615. The van der Waals surface area contributed by atoms with Gasteiger partial charge in [-0.1, -0.05) is 0 Å². The van der Waals surface area contributed by atoms with E-state index in [1.807, 2.05) is 0 Å². The van der Waals surface area contributed by atoms with Crippen molar-refractivity contribution in [2.45, 2.75) is 13.0 Å². The Labute approximate surface area is 70.0 Å². The standard InChI is InChI=1S/C7H12N4O/c8-3-1-4-11-5-2-6(9)10-7(11)12/h2,5H,1,3-4,8H2,(H2,9,10,12). The average molecular weight is 168 g/mol. The van der Waals surface area contributed by atoms with E-state index < -0.39 is 0 Å². The topological polar surface area (TPSA) is 86.9 Å². The number of aromatic nitrogens is 2. The van der Waals surface area contributed by atoms with Crippen molar-refractivity contribution in [2.75, 3.05) is 12.3 Å². The van der Waals surface area contributed by atoms with Crippen molar-refractivity contribution in [2.24, 2.45) is 5.73 Å². The van der Waals surface area contributed by atoms with Crippen molar-refractivity contribution in [1.29, 1.82) is 0 Å². The molecule has 1 rings (SSSR count). The van der Waals surface area contributed by atoms with Crippen molar-refractivity contribution >= 4 is 5.82 Å². The molecular formula is C7H12N4O. The fourth-order valence-electron chi connectivity index (χ4n) is 0.874. The molecule has 0 amide bonds. The third-order valence-electron chi connectivity index (χ3n) is 1.50. The monoisotopic (exact) mass is 168 g/mol. The highest BCUT2D eigenvalue weighted by Gasteiger charge is 1.95. The number of nitrogens with zero attached hydrogens (tertiary/aromatic N) is 2. The Hall–Kier alpha value is -1.36. The van der Waals surface area contributed by atoms with Gasteiger partial charge in [0, 0.05) is 12.7 Å². The van der Waals surface area contributed by atoms with Gasteiger partial charge in [0.1, 0.15) is 5.82 Å². The molecule has 0 aliphatic heterocycles. The zero-order chi connectivity index (χ0) is 8.97. The summed E-state index contributed by atoms with van der Waals surface area (Å²) in [6.45, 7) is 1.17. The predicted octanol–water partition coefficient (Wildman–Crippen LogP) is -0.826. The molecule has 0 aromatic carbocycles. The molecule has 0 spiro atoms. The third-order valence-corrected chi connectivity index (χ3v) is 1.50. The third kappa shape index (κ3) is 2.06. The van der Waals surface area contributed by atoms with Crippen molar-refractivity contribution < 1.29 is 0 Å². The summed E-state index contributed by atoms with van der Waals surface area (Å²) in [5, 5.41) is 0. The van der Waals surface area contributed by atoms with E-state index in [-0.39, 0.29) is 11.5 Å². The zero-order valence-corrected chi connectivity index (χ0v) is 6.73. The van der Waals surface area contributed by atoms with Crippen molar-refractivity contribution in [1.82, 2.24) is 9.55 Å². The van der Waals surface area contributed by atoms with E-state index in [9.17, 15) is 4.79 Å². The molecule has 1 aromatic rings. The van der Waals surface area contributed by atoms with Gasteiger partial charge in [0.05, 0.1) is 0 Å². The van der Waals surface area contributed by atoms with Crippen LogP contribution in [0.15, 0.2) is 17.1 Å². The van der Waals surface area contributed by atoms with E-state index in [0.717, 1.165) is 6.42 Å². The fraction of sp³-hybridized carbons (Fsp3) is 0.429. The number of rotatable bonds is 3. The van der Waals surface area contributed by atoms with E-state index in [1.165, 1.54) is 4.57 Å². The maximum Gasteiger partial charge on any atom is 0.349 e. The smallest absolute Gasteiger partial charge is 0.349 e. The quantitative estimate of drug-likeness (QED) is 0.617. The highest BCUT2D eigenvalue weighted by molar-refractivity contribution is 5.23. The second-order valence-electron chi connectivity index (χ2n) is 2.47. The lowest BCUT2D eigenvalue weighted by Gasteiger charge is -2.02. The molecule has 0 radical (unpaired) electrons. The van der Waals surface area contributed by atoms with Gasteiger partial charge in [0.2, 0.25) is 0 Å². The molecule has 0 atom stereocenters. The number of hydrogen-bond acceptors (Lipinski definition) is 4. The first-order valence-electron chi connectivity index (χ1n) is 3.77. The summed E-state index contributed by atoms with van der Waals surface area (Å²) in [5.41, 5.74) is 10.3. The van der Waals surface area contributed by atoms with Gasteiger partial charge in [-0.2, -0.15) is 4.98 Å². The molecule has 0 saturated heterocycles. The van der Waals surface area contributed by atoms with E-state index in [1.54, 1.807) is 12.3 Å². The van der Waals surface area contributed by atoms with Crippen molar-refractivity contribution in [3.63, 3.8) is 0 Å². The number of aryl methyl sites for hydroxylation is 1. The van der Waals surface area contributed by atoms with Crippen LogP contribution >= 0.6 is 0 Å². The molecule has 4 N–H and O–H groups in total. The summed E-state index contributed by atoms with van der Waals surface area (Å²) in [7, 11) is 0. The second-order valence-corrected chi connectivity index (χ2v) is 2.47. The van der Waals surface area contributed by atoms with Crippen LogP contribution in [-0.2, 0) is 6.54 Å². The van der Waals surface area contributed by atoms with E-state index in [0.29, 0.717) is 13.1 Å². The Morgan fingerprint density at radius 3 is 2.92 bits per heavy atom. The van der Waals surface area contributed by atoms with Crippen LogP contribution in [0, 0.1) is 0 Å². The van der Waals surface area contributed by atoms with Gasteiger partial charge in [-0.05, 0) is 19.0 Å². The van der Waals surface area contributed by atoms with Gasteiger partial charge in [-0.3, -0.25) is 4.57 Å². The van der Waals surface area contributed by atoms with Crippen LogP contribution in [0.5, 0.6) is 0 Å². The lowest BCUT2D eigenvalue weighted by Crippen LogP contribution is -2.24. The summed E-state index contributed by atoms with van der Waals surface area (Å²) < 4.78 is 1.49. The van der Waals surface area contributed by atoms with Crippen molar-refractivity contribution in [3.8, 4) is 0 Å². The SMILES string of the molecule is NCCCn1ccc(N)nc1=O. The molecule has 0 bridgehead atoms. The molecule has 1 heterocycles. The minimum atomic E-state index is -0.316. The molecule has 12 heavy (non-hydrogen) atoms. The molecule has 5 nitrogen and oxygen atoms in total. The molecule has 66 valence electrons. The van der Waals surface area contributed by atoms with E-state index in [4.69, 9.17) is 11.5 Å². The van der Waals surface area contributed by atoms with Crippen LogP contribution in [0.2, 0.25) is 0 Å². The summed E-state index contributed by atoms with van der Waals surface area (Å²) in [4.78, 5) is 14.6. The lowest BCUT2D eigenvalue weighted by atomic mass is 10.4. The van der Waals surface area contributed by atoms with Crippen LogP contribution in [0.3, 0.4) is 0 Å². The van der Waals surface area contributed by atoms with Crippen LogP contribution in [-0.4, -0.2) is 16.1 Å². The first kappa shape index (κ1) is 8.73. The summed E-state index contributed by atoms with van der Waals surface area (Å²) in [6.07, 6.45) is 2.39. The minimum absolute atomic E-state index is 0.254. The number of nitrogens with two attached hydrogens (primary N) is 2. The Balaban J connectivity index is 2.80. The zero-order valence-electron chi connectivity index (χ0n) is 6.73. The average Bonchev–Trinajstić information content (AvgIpc) is 2.03. The summed E-state index contributed by atoms with van der Waals surface area (Å²) in [6, 6.07) is 1.60. The van der Waals surface area contributed by atoms with Crippen LogP contribution in [0.4, 0.5) is 5.82 Å².